The predicted octanol–water partition coefficient (Wildman–Crippen LogP) is 2.55. The van der Waals surface area contributed by atoms with Crippen LogP contribution >= 0.6 is 0 Å². The van der Waals surface area contributed by atoms with Gasteiger partial charge in [-0.05, 0) is 31.5 Å². The summed E-state index contributed by atoms with van der Waals surface area (Å²) < 4.78 is 11.5. The van der Waals surface area contributed by atoms with Crippen molar-refractivity contribution in [3.8, 4) is 5.75 Å². The van der Waals surface area contributed by atoms with Crippen molar-refractivity contribution in [2.75, 3.05) is 33.3 Å². The lowest BCUT2D eigenvalue weighted by molar-refractivity contribution is -0.144. The number of benzene rings is 1. The third-order valence-corrected chi connectivity index (χ3v) is 5.60. The highest BCUT2D eigenvalue weighted by molar-refractivity contribution is 5.78. The quantitative estimate of drug-likeness (QED) is 0.762. The standard InChI is InChI=1S/C21H28N4O3/c1-15(2)9-18-22-23-20(28-18)17-10-21(12-24(17)3)13-25(14-21)19(26)11-27-16-7-5-4-6-8-16/h4-8,15,17H,9-14H2,1-3H3. The zero-order valence-electron chi connectivity index (χ0n) is 16.8. The topological polar surface area (TPSA) is 71.7 Å². The minimum absolute atomic E-state index is 0.0394. The van der Waals surface area contributed by atoms with E-state index >= 15 is 0 Å². The molecular weight excluding hydrogens is 356 g/mol. The molecule has 1 aromatic carbocycles. The summed E-state index contributed by atoms with van der Waals surface area (Å²) in [4.78, 5) is 16.6. The molecule has 0 N–H and O–H groups in total. The van der Waals surface area contributed by atoms with Crippen molar-refractivity contribution in [2.24, 2.45) is 11.3 Å². The summed E-state index contributed by atoms with van der Waals surface area (Å²) in [6.07, 6.45) is 1.74. The molecule has 2 aliphatic heterocycles. The van der Waals surface area contributed by atoms with E-state index in [0.717, 1.165) is 38.2 Å². The first-order valence-corrected chi connectivity index (χ1v) is 9.92. The third kappa shape index (κ3) is 3.90. The first-order chi connectivity index (χ1) is 13.4. The minimum Gasteiger partial charge on any atom is -0.484 e. The number of hydrogen-bond acceptors (Lipinski definition) is 6. The molecule has 7 nitrogen and oxygen atoms in total. The molecule has 2 fully saturated rings. The van der Waals surface area contributed by atoms with E-state index in [-0.39, 0.29) is 24.0 Å². The lowest BCUT2D eigenvalue weighted by Crippen LogP contribution is -2.60. The van der Waals surface area contributed by atoms with Crippen LogP contribution in [0.25, 0.3) is 0 Å². The van der Waals surface area contributed by atoms with E-state index in [1.54, 1.807) is 0 Å². The maximum Gasteiger partial charge on any atom is 0.260 e. The smallest absolute Gasteiger partial charge is 0.260 e. The largest absolute Gasteiger partial charge is 0.484 e. The van der Waals surface area contributed by atoms with Crippen molar-refractivity contribution in [1.82, 2.24) is 20.0 Å². The summed E-state index contributed by atoms with van der Waals surface area (Å²) in [5.41, 5.74) is 0.120. The van der Waals surface area contributed by atoms with Gasteiger partial charge < -0.3 is 14.1 Å². The number of hydrogen-bond donors (Lipinski definition) is 0. The first kappa shape index (κ1) is 18.9. The van der Waals surface area contributed by atoms with Crippen molar-refractivity contribution in [2.45, 2.75) is 32.7 Å². The number of rotatable bonds is 6. The van der Waals surface area contributed by atoms with Crippen LogP contribution in [0.15, 0.2) is 34.7 Å². The predicted molar refractivity (Wildman–Crippen MR) is 104 cm³/mol. The molecular formula is C21H28N4O3. The number of carbonyl (C=O) groups excluding carboxylic acids is 1. The molecule has 150 valence electrons. The Balaban J connectivity index is 1.30. The highest BCUT2D eigenvalue weighted by Crippen LogP contribution is 2.47. The normalized spacial score (nSPS) is 21.3. The Morgan fingerprint density at radius 1 is 1.25 bits per heavy atom. The van der Waals surface area contributed by atoms with Gasteiger partial charge in [-0.15, -0.1) is 10.2 Å². The molecule has 2 aliphatic rings. The van der Waals surface area contributed by atoms with Gasteiger partial charge in [0.1, 0.15) is 5.75 Å². The van der Waals surface area contributed by atoms with Gasteiger partial charge in [-0.3, -0.25) is 9.69 Å². The van der Waals surface area contributed by atoms with Crippen LogP contribution in [0.5, 0.6) is 5.75 Å². The van der Waals surface area contributed by atoms with Gasteiger partial charge in [0.2, 0.25) is 11.8 Å². The average Bonchev–Trinajstić information content (AvgIpc) is 3.23. The van der Waals surface area contributed by atoms with Crippen LogP contribution in [0.1, 0.15) is 38.1 Å². The molecule has 2 saturated heterocycles. The van der Waals surface area contributed by atoms with Gasteiger partial charge in [0, 0.05) is 31.5 Å². The van der Waals surface area contributed by atoms with Gasteiger partial charge in [0.25, 0.3) is 5.91 Å². The Labute approximate surface area is 165 Å². The summed E-state index contributed by atoms with van der Waals surface area (Å²) in [6.45, 7) is 6.82. The average molecular weight is 384 g/mol. The molecule has 28 heavy (non-hydrogen) atoms. The lowest BCUT2D eigenvalue weighted by atomic mass is 9.77. The fourth-order valence-electron chi connectivity index (χ4n) is 4.30. The van der Waals surface area contributed by atoms with Crippen molar-refractivity contribution in [1.29, 1.82) is 0 Å². The Morgan fingerprint density at radius 2 is 2.00 bits per heavy atom. The zero-order chi connectivity index (χ0) is 19.7. The molecule has 7 heteroatoms. The molecule has 1 aromatic heterocycles. The first-order valence-electron chi connectivity index (χ1n) is 9.92. The summed E-state index contributed by atoms with van der Waals surface area (Å²) in [5, 5.41) is 8.48. The highest BCUT2D eigenvalue weighted by Gasteiger charge is 2.53. The number of ether oxygens (including phenoxy) is 1. The van der Waals surface area contributed by atoms with Crippen LogP contribution in [0.4, 0.5) is 0 Å². The van der Waals surface area contributed by atoms with Gasteiger partial charge in [-0.1, -0.05) is 32.0 Å². The van der Waals surface area contributed by atoms with Gasteiger partial charge >= 0.3 is 0 Å². The van der Waals surface area contributed by atoms with Gasteiger partial charge in [0.15, 0.2) is 6.61 Å². The maximum absolute atomic E-state index is 12.4. The number of nitrogens with zero attached hydrogens (tertiary/aromatic N) is 4. The van der Waals surface area contributed by atoms with Crippen molar-refractivity contribution < 1.29 is 13.9 Å². The molecule has 1 atom stereocenters. The summed E-state index contributed by atoms with van der Waals surface area (Å²) in [5.74, 6) is 2.67. The molecule has 4 rings (SSSR count). The molecule has 3 heterocycles. The van der Waals surface area contributed by atoms with Crippen LogP contribution in [-0.2, 0) is 11.2 Å². The van der Waals surface area contributed by atoms with Gasteiger partial charge in [-0.2, -0.15) is 0 Å². The van der Waals surface area contributed by atoms with E-state index in [4.69, 9.17) is 9.15 Å². The van der Waals surface area contributed by atoms with Gasteiger partial charge in [-0.25, -0.2) is 0 Å². The van der Waals surface area contributed by atoms with Crippen molar-refractivity contribution in [3.05, 3.63) is 42.1 Å². The molecule has 0 aliphatic carbocycles. The molecule has 0 bridgehead atoms. The molecule has 0 saturated carbocycles. The number of carbonyl (C=O) groups is 1. The number of amides is 1. The third-order valence-electron chi connectivity index (χ3n) is 5.60. The molecule has 2 aromatic rings. The van der Waals surface area contributed by atoms with Crippen LogP contribution < -0.4 is 4.74 Å². The second-order valence-electron chi connectivity index (χ2n) is 8.62. The van der Waals surface area contributed by atoms with E-state index in [1.807, 2.05) is 35.2 Å². The fourth-order valence-corrected chi connectivity index (χ4v) is 4.30. The second-order valence-corrected chi connectivity index (χ2v) is 8.62. The highest BCUT2D eigenvalue weighted by atomic mass is 16.5. The van der Waals surface area contributed by atoms with Gasteiger partial charge in [0.05, 0.1) is 6.04 Å². The summed E-state index contributed by atoms with van der Waals surface area (Å²) in [7, 11) is 2.09. The number of likely N-dealkylation sites (tertiary alicyclic amines) is 2. The Kier molecular flexibility index (Phi) is 5.10. The maximum atomic E-state index is 12.4. The molecule has 1 spiro atoms. The summed E-state index contributed by atoms with van der Waals surface area (Å²) >= 11 is 0. The van der Waals surface area contributed by atoms with Crippen LogP contribution in [0, 0.1) is 11.3 Å². The molecule has 0 radical (unpaired) electrons. The SMILES string of the molecule is CC(C)Cc1nnc(C2CC3(CN(C(=O)COc4ccccc4)C3)CN2C)o1. The Hall–Kier alpha value is -2.41. The van der Waals surface area contributed by atoms with E-state index < -0.39 is 0 Å². The number of para-hydroxylation sites is 1. The van der Waals surface area contributed by atoms with E-state index in [2.05, 4.69) is 36.0 Å². The zero-order valence-corrected chi connectivity index (χ0v) is 16.8. The van der Waals surface area contributed by atoms with Crippen LogP contribution in [-0.4, -0.2) is 59.2 Å². The Bertz CT molecular complexity index is 814. The molecule has 1 amide bonds. The fraction of sp³-hybridized carbons (Fsp3) is 0.571. The van der Waals surface area contributed by atoms with E-state index in [1.165, 1.54) is 0 Å². The lowest BCUT2D eigenvalue weighted by Gasteiger charge is -2.48. The van der Waals surface area contributed by atoms with E-state index in [0.29, 0.717) is 17.7 Å². The van der Waals surface area contributed by atoms with E-state index in [9.17, 15) is 4.79 Å². The van der Waals surface area contributed by atoms with Crippen molar-refractivity contribution in [3.63, 3.8) is 0 Å². The van der Waals surface area contributed by atoms with Crippen molar-refractivity contribution >= 4 is 5.91 Å². The molecule has 1 unspecified atom stereocenters. The number of aromatic nitrogens is 2. The van der Waals surface area contributed by atoms with Crippen LogP contribution in [0.2, 0.25) is 0 Å². The monoisotopic (exact) mass is 384 g/mol. The Morgan fingerprint density at radius 3 is 2.71 bits per heavy atom. The van der Waals surface area contributed by atoms with Crippen LogP contribution in [0.3, 0.4) is 0 Å². The second kappa shape index (κ2) is 7.54. The minimum atomic E-state index is 0.0394. The summed E-state index contributed by atoms with van der Waals surface area (Å²) in [6, 6.07) is 9.58.